The molecule has 0 aromatic carbocycles. The maximum absolute atomic E-state index is 11.5. The molecule has 0 aromatic rings. The summed E-state index contributed by atoms with van der Waals surface area (Å²) in [6, 6.07) is 0. The zero-order valence-corrected chi connectivity index (χ0v) is 9.93. The molecule has 3 heteroatoms. The molecule has 0 aromatic heterocycles. The molecule has 2 aliphatic carbocycles. The second-order valence-electron chi connectivity index (χ2n) is 4.98. The van der Waals surface area contributed by atoms with Crippen molar-refractivity contribution in [1.29, 1.82) is 0 Å². The lowest BCUT2D eigenvalue weighted by Gasteiger charge is -2.30. The summed E-state index contributed by atoms with van der Waals surface area (Å²) >= 11 is 5.95. The van der Waals surface area contributed by atoms with Crippen LogP contribution in [0, 0.1) is 17.8 Å². The van der Waals surface area contributed by atoms with Gasteiger partial charge in [0.05, 0.1) is 0 Å². The van der Waals surface area contributed by atoms with Crippen LogP contribution in [-0.2, 0) is 4.79 Å². The minimum Gasteiger partial charge on any atom is -0.356 e. The molecule has 0 aliphatic heterocycles. The van der Waals surface area contributed by atoms with E-state index in [-0.39, 0.29) is 5.91 Å². The molecule has 2 atom stereocenters. The molecule has 0 spiro atoms. The first-order valence-corrected chi connectivity index (χ1v) is 6.68. The number of hydrogen-bond acceptors (Lipinski definition) is 1. The van der Waals surface area contributed by atoms with Gasteiger partial charge in [-0.15, -0.1) is 11.6 Å². The molecular formula is C12H20ClNO. The van der Waals surface area contributed by atoms with Gasteiger partial charge in [0.1, 0.15) is 0 Å². The summed E-state index contributed by atoms with van der Waals surface area (Å²) < 4.78 is 0. The van der Waals surface area contributed by atoms with Crippen LogP contribution in [0.3, 0.4) is 0 Å². The van der Waals surface area contributed by atoms with Crippen LogP contribution in [0.25, 0.3) is 0 Å². The predicted molar refractivity (Wildman–Crippen MR) is 61.9 cm³/mol. The van der Waals surface area contributed by atoms with Crippen molar-refractivity contribution in [2.45, 2.75) is 38.5 Å². The van der Waals surface area contributed by atoms with Gasteiger partial charge in [-0.1, -0.05) is 12.8 Å². The largest absolute Gasteiger partial charge is 0.356 e. The minimum absolute atomic E-state index is 0.272. The number of nitrogens with one attached hydrogen (secondary N) is 1. The smallest absolute Gasteiger partial charge is 0.223 e. The molecule has 2 unspecified atom stereocenters. The van der Waals surface area contributed by atoms with Crippen molar-refractivity contribution < 1.29 is 4.79 Å². The number of amides is 1. The maximum atomic E-state index is 11.5. The summed E-state index contributed by atoms with van der Waals surface area (Å²) in [6.07, 6.45) is 7.28. The lowest BCUT2D eigenvalue weighted by molar-refractivity contribution is -0.122. The molecule has 0 radical (unpaired) electrons. The van der Waals surface area contributed by atoms with Gasteiger partial charge < -0.3 is 5.32 Å². The second-order valence-corrected chi connectivity index (χ2v) is 5.29. The Morgan fingerprint density at radius 1 is 1.13 bits per heavy atom. The number of rotatable bonds is 4. The first-order chi connectivity index (χ1) is 7.31. The summed E-state index contributed by atoms with van der Waals surface area (Å²) in [5, 5.41) is 3.08. The Morgan fingerprint density at radius 3 is 2.40 bits per heavy atom. The van der Waals surface area contributed by atoms with Crippen LogP contribution in [0.1, 0.15) is 38.5 Å². The van der Waals surface area contributed by atoms with Gasteiger partial charge in [-0.2, -0.15) is 0 Å². The zero-order valence-electron chi connectivity index (χ0n) is 9.18. The fraction of sp³-hybridized carbons (Fsp3) is 0.917. The standard InChI is InChI=1S/C12H20ClNO/c13-7-10-3-1-2-4-11(10)8-14-12(15)9-5-6-9/h9-11H,1-8H2,(H,14,15). The van der Waals surface area contributed by atoms with E-state index in [9.17, 15) is 4.79 Å². The predicted octanol–water partition coefficient (Wildman–Crippen LogP) is 2.56. The van der Waals surface area contributed by atoms with Crippen LogP contribution in [0.4, 0.5) is 0 Å². The number of halogens is 1. The molecule has 1 N–H and O–H groups in total. The van der Waals surface area contributed by atoms with Crippen molar-refractivity contribution in [3.05, 3.63) is 0 Å². The highest BCUT2D eigenvalue weighted by molar-refractivity contribution is 6.18. The van der Waals surface area contributed by atoms with Gasteiger partial charge in [0.2, 0.25) is 5.91 Å². The Balaban J connectivity index is 1.73. The van der Waals surface area contributed by atoms with Crippen LogP contribution in [0.2, 0.25) is 0 Å². The highest BCUT2D eigenvalue weighted by Crippen LogP contribution is 2.32. The number of carbonyl (C=O) groups is 1. The van der Waals surface area contributed by atoms with Crippen LogP contribution >= 0.6 is 11.6 Å². The van der Waals surface area contributed by atoms with Crippen LogP contribution in [-0.4, -0.2) is 18.3 Å². The monoisotopic (exact) mass is 229 g/mol. The summed E-state index contributed by atoms with van der Waals surface area (Å²) in [7, 11) is 0. The third-order valence-corrected chi connectivity index (χ3v) is 4.15. The normalized spacial score (nSPS) is 31.3. The summed E-state index contributed by atoms with van der Waals surface area (Å²) in [5.74, 6) is 2.61. The Labute approximate surface area is 96.8 Å². The van der Waals surface area contributed by atoms with Crippen molar-refractivity contribution in [2.24, 2.45) is 17.8 Å². The molecule has 2 aliphatic rings. The zero-order chi connectivity index (χ0) is 10.7. The molecule has 2 fully saturated rings. The topological polar surface area (TPSA) is 29.1 Å². The Kier molecular flexibility index (Phi) is 3.90. The maximum Gasteiger partial charge on any atom is 0.223 e. The van der Waals surface area contributed by atoms with E-state index in [0.717, 1.165) is 25.3 Å². The van der Waals surface area contributed by atoms with Gasteiger partial charge in [0.15, 0.2) is 0 Å². The molecule has 2 saturated carbocycles. The fourth-order valence-electron chi connectivity index (χ4n) is 2.48. The molecule has 1 amide bonds. The molecule has 0 heterocycles. The molecule has 0 saturated heterocycles. The van der Waals surface area contributed by atoms with Gasteiger partial charge in [-0.25, -0.2) is 0 Å². The van der Waals surface area contributed by atoms with Crippen molar-refractivity contribution in [2.75, 3.05) is 12.4 Å². The fourth-order valence-corrected chi connectivity index (χ4v) is 2.88. The molecule has 15 heavy (non-hydrogen) atoms. The molecule has 2 nitrogen and oxygen atoms in total. The van der Waals surface area contributed by atoms with Crippen LogP contribution in [0.15, 0.2) is 0 Å². The van der Waals surface area contributed by atoms with Crippen LogP contribution in [0.5, 0.6) is 0 Å². The third-order valence-electron chi connectivity index (χ3n) is 3.75. The van der Waals surface area contributed by atoms with Crippen LogP contribution < -0.4 is 5.32 Å². The SMILES string of the molecule is O=C(NCC1CCCCC1CCl)C1CC1. The van der Waals surface area contributed by atoms with Crippen molar-refractivity contribution in [1.82, 2.24) is 5.32 Å². The lowest BCUT2D eigenvalue weighted by atomic mass is 9.80. The van der Waals surface area contributed by atoms with Gasteiger partial charge in [0, 0.05) is 18.3 Å². The van der Waals surface area contributed by atoms with Gasteiger partial charge in [-0.05, 0) is 37.5 Å². The average Bonchev–Trinajstić information content (AvgIpc) is 3.10. The van der Waals surface area contributed by atoms with E-state index in [1.165, 1.54) is 25.7 Å². The summed E-state index contributed by atoms with van der Waals surface area (Å²) in [5.41, 5.74) is 0. The van der Waals surface area contributed by atoms with Gasteiger partial charge >= 0.3 is 0 Å². The highest BCUT2D eigenvalue weighted by atomic mass is 35.5. The van der Waals surface area contributed by atoms with Crippen molar-refractivity contribution in [3.8, 4) is 0 Å². The summed E-state index contributed by atoms with van der Waals surface area (Å²) in [6.45, 7) is 0.854. The second kappa shape index (κ2) is 5.20. The van der Waals surface area contributed by atoms with E-state index < -0.39 is 0 Å². The van der Waals surface area contributed by atoms with E-state index >= 15 is 0 Å². The Bertz CT molecular complexity index is 228. The van der Waals surface area contributed by atoms with Gasteiger partial charge in [-0.3, -0.25) is 4.79 Å². The first kappa shape index (κ1) is 11.3. The average molecular weight is 230 g/mol. The Hall–Kier alpha value is -0.240. The lowest BCUT2D eigenvalue weighted by Crippen LogP contribution is -2.35. The molecule has 2 rings (SSSR count). The number of alkyl halides is 1. The molecular weight excluding hydrogens is 210 g/mol. The number of hydrogen-bond donors (Lipinski definition) is 1. The minimum atomic E-state index is 0.272. The summed E-state index contributed by atoms with van der Waals surface area (Å²) in [4.78, 5) is 11.5. The molecule has 86 valence electrons. The van der Waals surface area contributed by atoms with E-state index in [0.29, 0.717) is 17.8 Å². The third kappa shape index (κ3) is 3.10. The number of carbonyl (C=O) groups excluding carboxylic acids is 1. The van der Waals surface area contributed by atoms with E-state index in [1.807, 2.05) is 0 Å². The van der Waals surface area contributed by atoms with E-state index in [4.69, 9.17) is 11.6 Å². The van der Waals surface area contributed by atoms with E-state index in [2.05, 4.69) is 5.32 Å². The van der Waals surface area contributed by atoms with E-state index in [1.54, 1.807) is 0 Å². The molecule has 0 bridgehead atoms. The highest BCUT2D eigenvalue weighted by Gasteiger charge is 2.31. The quantitative estimate of drug-likeness (QED) is 0.738. The van der Waals surface area contributed by atoms with Crippen molar-refractivity contribution in [3.63, 3.8) is 0 Å². The first-order valence-electron chi connectivity index (χ1n) is 6.15. The van der Waals surface area contributed by atoms with Gasteiger partial charge in [0.25, 0.3) is 0 Å². The van der Waals surface area contributed by atoms with Crippen molar-refractivity contribution >= 4 is 17.5 Å². The Morgan fingerprint density at radius 2 is 1.80 bits per heavy atom.